The van der Waals surface area contributed by atoms with E-state index >= 15 is 0 Å². The van der Waals surface area contributed by atoms with Gasteiger partial charge in [-0.25, -0.2) is 0 Å². The maximum absolute atomic E-state index is 12.2. The van der Waals surface area contributed by atoms with Gasteiger partial charge in [0, 0.05) is 27.2 Å². The number of carbonyl (C=O) groups is 2. The van der Waals surface area contributed by atoms with Gasteiger partial charge >= 0.3 is 0 Å². The van der Waals surface area contributed by atoms with Crippen molar-refractivity contribution < 1.29 is 9.59 Å². The third-order valence-corrected chi connectivity index (χ3v) is 7.25. The fourth-order valence-corrected chi connectivity index (χ4v) is 6.62. The van der Waals surface area contributed by atoms with E-state index < -0.39 is 0 Å². The maximum atomic E-state index is 12.2. The van der Waals surface area contributed by atoms with E-state index in [-0.39, 0.29) is 10.2 Å². The molecule has 0 aliphatic rings. The van der Waals surface area contributed by atoms with Crippen molar-refractivity contribution in [3.63, 3.8) is 0 Å². The Labute approximate surface area is 179 Å². The first-order valence-electron chi connectivity index (χ1n) is 5.72. The second-order valence-electron chi connectivity index (χ2n) is 3.99. The van der Waals surface area contributed by atoms with Crippen molar-refractivity contribution in [1.82, 2.24) is 0 Å². The van der Waals surface area contributed by atoms with Crippen molar-refractivity contribution in [3.8, 4) is 0 Å². The summed E-state index contributed by atoms with van der Waals surface area (Å²) < 4.78 is 3.56. The van der Waals surface area contributed by atoms with Crippen LogP contribution < -0.4 is 0 Å². The van der Waals surface area contributed by atoms with Crippen LogP contribution >= 0.6 is 98.6 Å². The van der Waals surface area contributed by atoms with Crippen LogP contribution in [0.5, 0.6) is 0 Å². The predicted molar refractivity (Wildman–Crippen MR) is 118 cm³/mol. The summed E-state index contributed by atoms with van der Waals surface area (Å²) in [4.78, 5) is 24.4. The van der Waals surface area contributed by atoms with Gasteiger partial charge in [-0.05, 0) is 103 Å². The van der Waals surface area contributed by atoms with Crippen molar-refractivity contribution in [1.29, 1.82) is 0 Å². The average molecular weight is 684 g/mol. The van der Waals surface area contributed by atoms with Crippen LogP contribution in [0.3, 0.4) is 0 Å². The Morgan fingerprint density at radius 1 is 0.773 bits per heavy atom. The highest BCUT2D eigenvalue weighted by Gasteiger charge is 2.17. The predicted octanol–water partition coefficient (Wildman–Crippen LogP) is 6.78. The van der Waals surface area contributed by atoms with E-state index in [4.69, 9.17) is 0 Å². The van der Waals surface area contributed by atoms with Gasteiger partial charge in [-0.3, -0.25) is 9.59 Å². The van der Waals surface area contributed by atoms with Crippen molar-refractivity contribution in [3.05, 3.63) is 63.6 Å². The molecule has 22 heavy (non-hydrogen) atoms. The van der Waals surface area contributed by atoms with Crippen molar-refractivity contribution in [2.24, 2.45) is 0 Å². The number of hydrogen-bond acceptors (Lipinski definition) is 4. The lowest BCUT2D eigenvalue weighted by Crippen LogP contribution is -1.99. The Morgan fingerprint density at radius 3 is 1.45 bits per heavy atom. The quantitative estimate of drug-likeness (QED) is 0.258. The number of hydrogen-bond donors (Lipinski definition) is 0. The molecule has 0 heterocycles. The molecule has 0 unspecified atom stereocenters. The zero-order valence-electron chi connectivity index (χ0n) is 10.6. The van der Waals surface area contributed by atoms with Gasteiger partial charge in [0.2, 0.25) is 10.2 Å². The standard InChI is InChI=1S/C14H6Br2I2O2S2/c15-7-1-3-9(11(17)5-7)13(19)21-22-14(20)10-4-2-8(16)6-12(10)18/h1-6H. The Bertz CT molecular complexity index is 690. The van der Waals surface area contributed by atoms with Crippen molar-refractivity contribution in [2.45, 2.75) is 0 Å². The molecule has 2 rings (SSSR count). The molecule has 0 N–H and O–H groups in total. The summed E-state index contributed by atoms with van der Waals surface area (Å²) in [5.41, 5.74) is 1.22. The van der Waals surface area contributed by atoms with E-state index in [1.165, 1.54) is 0 Å². The molecule has 0 saturated carbocycles. The lowest BCUT2D eigenvalue weighted by molar-refractivity contribution is 0.107. The zero-order chi connectivity index (χ0) is 16.3. The maximum Gasteiger partial charge on any atom is 0.231 e. The van der Waals surface area contributed by atoms with E-state index in [9.17, 15) is 9.59 Å². The molecule has 0 bridgehead atoms. The first kappa shape index (κ1) is 19.2. The van der Waals surface area contributed by atoms with Gasteiger partial charge in [-0.15, -0.1) is 0 Å². The second kappa shape index (κ2) is 8.84. The second-order valence-corrected chi connectivity index (χ2v) is 10.2. The highest BCUT2D eigenvalue weighted by Crippen LogP contribution is 2.33. The summed E-state index contributed by atoms with van der Waals surface area (Å²) in [5.74, 6) is 0. The summed E-state index contributed by atoms with van der Waals surface area (Å²) in [5, 5.41) is -0.246. The molecule has 0 aliphatic heterocycles. The monoisotopic (exact) mass is 682 g/mol. The molecule has 0 radical (unpaired) electrons. The highest BCUT2D eigenvalue weighted by atomic mass is 127. The molecular weight excluding hydrogens is 678 g/mol. The third kappa shape index (κ3) is 5.20. The summed E-state index contributed by atoms with van der Waals surface area (Å²) >= 11 is 11.0. The Hall–Kier alpha value is 0.900. The van der Waals surface area contributed by atoms with Crippen LogP contribution in [0.25, 0.3) is 0 Å². The van der Waals surface area contributed by atoms with E-state index in [2.05, 4.69) is 77.0 Å². The molecule has 0 aromatic heterocycles. The zero-order valence-corrected chi connectivity index (χ0v) is 19.7. The lowest BCUT2D eigenvalue weighted by atomic mass is 10.2. The topological polar surface area (TPSA) is 34.1 Å². The molecule has 0 aliphatic carbocycles. The summed E-state index contributed by atoms with van der Waals surface area (Å²) in [7, 11) is 1.92. The number of halogens is 4. The lowest BCUT2D eigenvalue weighted by Gasteiger charge is -2.05. The largest absolute Gasteiger partial charge is 0.281 e. The van der Waals surface area contributed by atoms with Gasteiger partial charge in [0.25, 0.3) is 0 Å². The van der Waals surface area contributed by atoms with Gasteiger partial charge in [0.05, 0.1) is 0 Å². The van der Waals surface area contributed by atoms with E-state index in [0.717, 1.165) is 37.7 Å². The first-order valence-corrected chi connectivity index (χ1v) is 11.6. The van der Waals surface area contributed by atoms with Crippen LogP contribution in [0.2, 0.25) is 0 Å². The van der Waals surface area contributed by atoms with Crippen LogP contribution in [-0.2, 0) is 0 Å². The van der Waals surface area contributed by atoms with Crippen LogP contribution in [-0.4, -0.2) is 10.2 Å². The molecule has 0 saturated heterocycles. The fourth-order valence-electron chi connectivity index (χ4n) is 1.48. The molecule has 0 atom stereocenters. The van der Waals surface area contributed by atoms with Crippen molar-refractivity contribution in [2.75, 3.05) is 0 Å². The summed E-state index contributed by atoms with van der Waals surface area (Å²) in [6.45, 7) is 0. The number of carbonyl (C=O) groups excluding carboxylic acids is 2. The minimum absolute atomic E-state index is 0.123. The van der Waals surface area contributed by atoms with Crippen LogP contribution in [0.15, 0.2) is 45.3 Å². The van der Waals surface area contributed by atoms with Crippen LogP contribution in [0, 0.1) is 7.14 Å². The number of rotatable bonds is 2. The van der Waals surface area contributed by atoms with Crippen LogP contribution in [0.1, 0.15) is 20.7 Å². The van der Waals surface area contributed by atoms with Gasteiger partial charge in [0.1, 0.15) is 0 Å². The molecule has 0 fully saturated rings. The first-order chi connectivity index (χ1) is 10.4. The molecule has 0 amide bonds. The Balaban J connectivity index is 2.06. The summed E-state index contributed by atoms with van der Waals surface area (Å²) in [6, 6.07) is 10.9. The smallest absolute Gasteiger partial charge is 0.231 e. The van der Waals surface area contributed by atoms with Crippen molar-refractivity contribution >= 4 is 109 Å². The van der Waals surface area contributed by atoms with Gasteiger partial charge in [0.15, 0.2) is 0 Å². The SMILES string of the molecule is O=C(SSC(=O)c1ccc(Br)cc1I)c1ccc(Br)cc1I. The van der Waals surface area contributed by atoms with E-state index in [1.54, 1.807) is 12.1 Å². The normalized spacial score (nSPS) is 10.5. The molecule has 2 nitrogen and oxygen atoms in total. The van der Waals surface area contributed by atoms with Gasteiger partial charge in [-0.2, -0.15) is 0 Å². The Kier molecular flexibility index (Phi) is 7.72. The number of benzene rings is 2. The molecule has 2 aromatic carbocycles. The van der Waals surface area contributed by atoms with E-state index in [0.29, 0.717) is 11.1 Å². The third-order valence-electron chi connectivity index (χ3n) is 2.50. The average Bonchev–Trinajstić information content (AvgIpc) is 2.44. The highest BCUT2D eigenvalue weighted by molar-refractivity contribution is 14.1. The summed E-state index contributed by atoms with van der Waals surface area (Å²) in [6.07, 6.45) is 0. The molecule has 2 aromatic rings. The molecule has 8 heteroatoms. The van der Waals surface area contributed by atoms with Gasteiger partial charge in [-0.1, -0.05) is 31.9 Å². The molecule has 114 valence electrons. The van der Waals surface area contributed by atoms with Gasteiger partial charge < -0.3 is 0 Å². The molecule has 0 spiro atoms. The Morgan fingerprint density at radius 2 is 1.14 bits per heavy atom. The molecular formula is C14H6Br2I2O2S2. The van der Waals surface area contributed by atoms with E-state index in [1.807, 2.05) is 24.3 Å². The fraction of sp³-hybridized carbons (Fsp3) is 0. The minimum atomic E-state index is -0.123. The van der Waals surface area contributed by atoms with Crippen LogP contribution in [0.4, 0.5) is 0 Å². The minimum Gasteiger partial charge on any atom is -0.281 e.